The van der Waals surface area contributed by atoms with Crippen LogP contribution in [0.3, 0.4) is 0 Å². The fourth-order valence-electron chi connectivity index (χ4n) is 1.19. The van der Waals surface area contributed by atoms with Crippen molar-refractivity contribution in [3.63, 3.8) is 0 Å². The molecule has 0 amide bonds. The van der Waals surface area contributed by atoms with E-state index >= 15 is 0 Å². The number of aliphatic hydroxyl groups is 1. The number of aryl methyl sites for hydroxylation is 1. The topological polar surface area (TPSA) is 20.2 Å². The Kier molecular flexibility index (Phi) is 5.62. The van der Waals surface area contributed by atoms with E-state index in [1.807, 2.05) is 19.1 Å². The van der Waals surface area contributed by atoms with Crippen molar-refractivity contribution in [2.75, 3.05) is 0 Å². The van der Waals surface area contributed by atoms with Crippen molar-refractivity contribution >= 4 is 27.4 Å². The second kappa shape index (κ2) is 6.50. The molecular formula is C11H16AsClO. The van der Waals surface area contributed by atoms with Crippen molar-refractivity contribution in [1.29, 1.82) is 0 Å². The zero-order valence-corrected chi connectivity index (χ0v) is 11.2. The van der Waals surface area contributed by atoms with E-state index in [4.69, 9.17) is 16.7 Å². The summed E-state index contributed by atoms with van der Waals surface area (Å²) >= 11 is 5.83. The molecule has 0 saturated carbocycles. The number of hydrogen-bond acceptors (Lipinski definition) is 1. The Bertz CT molecular complexity index is 258. The third-order valence-corrected chi connectivity index (χ3v) is 5.31. The third-order valence-electron chi connectivity index (χ3n) is 1.94. The zero-order chi connectivity index (χ0) is 10.4. The van der Waals surface area contributed by atoms with E-state index in [0.29, 0.717) is 0 Å². The summed E-state index contributed by atoms with van der Waals surface area (Å²) in [6.07, 6.45) is 1.02. The first-order valence-electron chi connectivity index (χ1n) is 4.81. The Morgan fingerprint density at radius 1 is 1.36 bits per heavy atom. The summed E-state index contributed by atoms with van der Waals surface area (Å²) in [5.41, 5.74) is 1.35. The molecule has 0 saturated heterocycles. The number of halogens is 1. The molecule has 0 aliphatic carbocycles. The molecule has 0 aromatic heterocycles. The summed E-state index contributed by atoms with van der Waals surface area (Å²) in [4.78, 5) is 0. The summed E-state index contributed by atoms with van der Waals surface area (Å²) < 4.78 is 0. The van der Waals surface area contributed by atoms with Gasteiger partial charge in [-0.15, -0.1) is 0 Å². The normalized spacial score (nSPS) is 13.6. The van der Waals surface area contributed by atoms with Crippen molar-refractivity contribution < 1.29 is 5.11 Å². The molecule has 1 aromatic carbocycles. The van der Waals surface area contributed by atoms with Gasteiger partial charge in [0.05, 0.1) is 0 Å². The molecule has 1 rings (SSSR count). The quantitative estimate of drug-likeness (QED) is 0.646. The molecule has 1 nitrogen and oxygen atoms in total. The molecule has 0 fully saturated rings. The van der Waals surface area contributed by atoms with Gasteiger partial charge in [0.2, 0.25) is 0 Å². The van der Waals surface area contributed by atoms with Crippen LogP contribution in [0.5, 0.6) is 0 Å². The average molecular weight is 275 g/mol. The van der Waals surface area contributed by atoms with Crippen LogP contribution in [0.1, 0.15) is 12.5 Å². The molecule has 3 heteroatoms. The maximum atomic E-state index is 9.10. The molecule has 78 valence electrons. The Balaban J connectivity index is 2.21. The van der Waals surface area contributed by atoms with Crippen molar-refractivity contribution in [3.05, 3.63) is 34.9 Å². The van der Waals surface area contributed by atoms with Gasteiger partial charge in [-0.2, -0.15) is 0 Å². The minimum atomic E-state index is -0.111. The van der Waals surface area contributed by atoms with Crippen molar-refractivity contribution in [1.82, 2.24) is 0 Å². The van der Waals surface area contributed by atoms with E-state index in [-0.39, 0.29) is 21.9 Å². The molecule has 0 spiro atoms. The standard InChI is InChI=1S/C11H16AsClO/c1-9(14)8-12-7-6-10-2-4-11(13)5-3-10/h2-5,9,12,14H,6-8H2,1H3. The predicted octanol–water partition coefficient (Wildman–Crippen LogP) is 2.54. The van der Waals surface area contributed by atoms with Gasteiger partial charge >= 0.3 is 97.2 Å². The molecule has 2 unspecified atom stereocenters. The van der Waals surface area contributed by atoms with Crippen LogP contribution >= 0.6 is 11.6 Å². The predicted molar refractivity (Wildman–Crippen MR) is 63.6 cm³/mol. The first kappa shape index (κ1) is 12.1. The molecule has 0 heterocycles. The van der Waals surface area contributed by atoms with Gasteiger partial charge < -0.3 is 0 Å². The SMILES string of the molecule is CC(O)C[AsH]CCc1ccc(Cl)cc1. The molecule has 0 aliphatic heterocycles. The van der Waals surface area contributed by atoms with Gasteiger partial charge in [-0.25, -0.2) is 0 Å². The molecular weight excluding hydrogens is 258 g/mol. The van der Waals surface area contributed by atoms with E-state index in [0.717, 1.165) is 16.7 Å². The van der Waals surface area contributed by atoms with Gasteiger partial charge in [-0.3, -0.25) is 0 Å². The van der Waals surface area contributed by atoms with E-state index < -0.39 is 0 Å². The first-order valence-corrected chi connectivity index (χ1v) is 8.16. The maximum absolute atomic E-state index is 9.10. The first-order chi connectivity index (χ1) is 6.68. The summed E-state index contributed by atoms with van der Waals surface area (Å²) in [6, 6.07) is 8.03. The van der Waals surface area contributed by atoms with E-state index in [2.05, 4.69) is 12.1 Å². The number of aliphatic hydroxyl groups excluding tert-OH is 1. The molecule has 1 N–H and O–H groups in total. The summed E-state index contributed by atoms with van der Waals surface area (Å²) in [6.45, 7) is 1.87. The van der Waals surface area contributed by atoms with Crippen LogP contribution in [-0.2, 0) is 6.42 Å². The van der Waals surface area contributed by atoms with Gasteiger partial charge in [0.1, 0.15) is 0 Å². The van der Waals surface area contributed by atoms with Crippen LogP contribution in [0.2, 0.25) is 15.4 Å². The van der Waals surface area contributed by atoms with Gasteiger partial charge in [0.25, 0.3) is 0 Å². The van der Waals surface area contributed by atoms with Gasteiger partial charge in [-0.05, 0) is 0 Å². The molecule has 2 atom stereocenters. The number of benzene rings is 1. The molecule has 0 aliphatic rings. The summed E-state index contributed by atoms with van der Waals surface area (Å²) in [7, 11) is 0. The Hall–Kier alpha value is 0.0284. The van der Waals surface area contributed by atoms with Gasteiger partial charge in [-0.1, -0.05) is 0 Å². The van der Waals surface area contributed by atoms with Crippen molar-refractivity contribution in [3.8, 4) is 0 Å². The minimum absolute atomic E-state index is 0.0430. The summed E-state index contributed by atoms with van der Waals surface area (Å²) in [5, 5.41) is 12.2. The van der Waals surface area contributed by atoms with Crippen molar-refractivity contribution in [2.24, 2.45) is 0 Å². The van der Waals surface area contributed by atoms with Crippen LogP contribution in [0, 0.1) is 0 Å². The van der Waals surface area contributed by atoms with Crippen LogP contribution in [0.25, 0.3) is 0 Å². The second-order valence-electron chi connectivity index (χ2n) is 3.43. The second-order valence-corrected chi connectivity index (χ2v) is 6.82. The van der Waals surface area contributed by atoms with Crippen LogP contribution < -0.4 is 0 Å². The Labute approximate surface area is 97.2 Å². The van der Waals surface area contributed by atoms with Crippen LogP contribution in [-0.4, -0.2) is 27.0 Å². The molecule has 0 bridgehead atoms. The fraction of sp³-hybridized carbons (Fsp3) is 0.455. The number of hydrogen-bond donors (Lipinski definition) is 1. The third kappa shape index (κ3) is 5.05. The number of rotatable bonds is 5. The monoisotopic (exact) mass is 274 g/mol. The Morgan fingerprint density at radius 3 is 2.57 bits per heavy atom. The van der Waals surface area contributed by atoms with Gasteiger partial charge in [0.15, 0.2) is 0 Å². The summed E-state index contributed by atoms with van der Waals surface area (Å²) in [5.74, 6) is 0. The zero-order valence-electron chi connectivity index (χ0n) is 8.33. The molecule has 1 aromatic rings. The van der Waals surface area contributed by atoms with Crippen molar-refractivity contribution in [2.45, 2.75) is 29.9 Å². The van der Waals surface area contributed by atoms with E-state index in [9.17, 15) is 0 Å². The van der Waals surface area contributed by atoms with E-state index in [1.165, 1.54) is 10.8 Å². The van der Waals surface area contributed by atoms with Crippen LogP contribution in [0.15, 0.2) is 24.3 Å². The van der Waals surface area contributed by atoms with E-state index in [1.54, 1.807) is 0 Å². The van der Waals surface area contributed by atoms with Gasteiger partial charge in [0, 0.05) is 0 Å². The Morgan fingerprint density at radius 2 is 2.00 bits per heavy atom. The fourth-order valence-corrected chi connectivity index (χ4v) is 3.60. The van der Waals surface area contributed by atoms with Crippen LogP contribution in [0.4, 0.5) is 0 Å². The molecule has 0 radical (unpaired) electrons. The molecule has 14 heavy (non-hydrogen) atoms. The average Bonchev–Trinajstić information content (AvgIpc) is 2.15.